The third-order valence-corrected chi connectivity index (χ3v) is 5.70. The first-order chi connectivity index (χ1) is 17.5. The molecule has 0 fully saturated rings. The van der Waals surface area contributed by atoms with Gasteiger partial charge in [0.2, 0.25) is 12.0 Å². The van der Waals surface area contributed by atoms with E-state index >= 15 is 0 Å². The highest BCUT2D eigenvalue weighted by Gasteiger charge is 2.34. The highest BCUT2D eigenvalue weighted by Crippen LogP contribution is 2.29. The van der Waals surface area contributed by atoms with Gasteiger partial charge in [-0.25, -0.2) is 9.79 Å². The molecule has 0 saturated carbocycles. The van der Waals surface area contributed by atoms with Gasteiger partial charge in [0.15, 0.2) is 0 Å². The highest BCUT2D eigenvalue weighted by atomic mass is 16.2. The van der Waals surface area contributed by atoms with Gasteiger partial charge in [0, 0.05) is 28.4 Å². The quantitative estimate of drug-likeness (QED) is 0.402. The fourth-order valence-electron chi connectivity index (χ4n) is 4.15. The maximum Gasteiger partial charge on any atom is 0.321 e. The largest absolute Gasteiger partial charge is 0.321 e. The number of nitrogens with one attached hydrogen (secondary N) is 3. The Bertz CT molecular complexity index is 1420. The Balaban J connectivity index is 1.47. The van der Waals surface area contributed by atoms with Gasteiger partial charge in [0.05, 0.1) is 11.4 Å². The molecule has 0 saturated heterocycles. The Morgan fingerprint density at radius 2 is 1.72 bits per heavy atom. The molecular formula is C26H24N8O2. The van der Waals surface area contributed by atoms with E-state index in [-0.39, 0.29) is 11.9 Å². The number of tetrazole rings is 1. The monoisotopic (exact) mass is 480 g/mol. The summed E-state index contributed by atoms with van der Waals surface area (Å²) in [4.78, 5) is 33.1. The standard InChI is InChI=1S/C26H24N8O2/c1-16(2)34-21-14-7-6-13-20(21)22(17-9-4-3-5-10-17)28-24(25(34)35)29-26(36)27-19-12-8-11-18(15-19)23-30-32-33-31-23/h3-16,24H,1-2H3,(H2,27,29,36)(H,30,31,32,33). The van der Waals surface area contributed by atoms with Crippen LogP contribution in [0.2, 0.25) is 0 Å². The number of aromatic amines is 1. The Morgan fingerprint density at radius 1 is 0.972 bits per heavy atom. The van der Waals surface area contributed by atoms with Gasteiger partial charge < -0.3 is 15.5 Å². The number of para-hydroxylation sites is 1. The second-order valence-electron chi connectivity index (χ2n) is 8.48. The molecule has 0 radical (unpaired) electrons. The molecule has 1 aliphatic rings. The van der Waals surface area contributed by atoms with Crippen LogP contribution in [-0.4, -0.2) is 50.5 Å². The van der Waals surface area contributed by atoms with Crippen LogP contribution in [-0.2, 0) is 4.79 Å². The van der Waals surface area contributed by atoms with E-state index < -0.39 is 12.2 Å². The third-order valence-electron chi connectivity index (χ3n) is 5.70. The topological polar surface area (TPSA) is 128 Å². The Morgan fingerprint density at radius 3 is 2.47 bits per heavy atom. The summed E-state index contributed by atoms with van der Waals surface area (Å²) in [6.45, 7) is 3.87. The number of urea groups is 1. The molecule has 0 bridgehead atoms. The lowest BCUT2D eigenvalue weighted by molar-refractivity contribution is -0.120. The zero-order valence-electron chi connectivity index (χ0n) is 19.7. The summed E-state index contributed by atoms with van der Waals surface area (Å²) >= 11 is 0. The van der Waals surface area contributed by atoms with Crippen molar-refractivity contribution in [1.82, 2.24) is 25.9 Å². The molecule has 3 aromatic carbocycles. The van der Waals surface area contributed by atoms with E-state index in [4.69, 9.17) is 4.99 Å². The van der Waals surface area contributed by atoms with Gasteiger partial charge in [-0.1, -0.05) is 60.7 Å². The van der Waals surface area contributed by atoms with Crippen LogP contribution in [0.4, 0.5) is 16.2 Å². The van der Waals surface area contributed by atoms with E-state index in [2.05, 4.69) is 31.3 Å². The molecule has 36 heavy (non-hydrogen) atoms. The molecule has 3 amide bonds. The summed E-state index contributed by atoms with van der Waals surface area (Å²) < 4.78 is 0. The molecule has 0 spiro atoms. The number of amides is 3. The SMILES string of the molecule is CC(C)N1C(=O)C(NC(=O)Nc2cccc(-c3nn[nH]n3)c2)N=C(c2ccccc2)c2ccccc21. The molecule has 10 heteroatoms. The number of hydrogen-bond donors (Lipinski definition) is 3. The van der Waals surface area contributed by atoms with Gasteiger partial charge in [-0.3, -0.25) is 4.79 Å². The summed E-state index contributed by atoms with van der Waals surface area (Å²) in [5.74, 6) is 0.0829. The van der Waals surface area contributed by atoms with Crippen molar-refractivity contribution in [2.24, 2.45) is 4.99 Å². The van der Waals surface area contributed by atoms with Crippen molar-refractivity contribution in [3.63, 3.8) is 0 Å². The summed E-state index contributed by atoms with van der Waals surface area (Å²) in [6, 6.07) is 23.6. The predicted octanol–water partition coefficient (Wildman–Crippen LogP) is 3.61. The van der Waals surface area contributed by atoms with Crippen molar-refractivity contribution in [1.29, 1.82) is 0 Å². The first kappa shape index (κ1) is 22.9. The Hall–Kier alpha value is -4.86. The number of hydrogen-bond acceptors (Lipinski definition) is 6. The van der Waals surface area contributed by atoms with Crippen LogP contribution in [0.3, 0.4) is 0 Å². The van der Waals surface area contributed by atoms with Crippen molar-refractivity contribution in [2.75, 3.05) is 10.2 Å². The molecule has 180 valence electrons. The average molecular weight is 481 g/mol. The van der Waals surface area contributed by atoms with Crippen LogP contribution < -0.4 is 15.5 Å². The number of aromatic nitrogens is 4. The number of benzene rings is 3. The van der Waals surface area contributed by atoms with E-state index in [0.29, 0.717) is 22.8 Å². The number of benzodiazepines with no additional fused rings is 1. The number of aliphatic imine (C=N–C) groups is 1. The predicted molar refractivity (Wildman–Crippen MR) is 137 cm³/mol. The number of carbonyl (C=O) groups is 2. The number of anilines is 2. The Kier molecular flexibility index (Phi) is 6.23. The van der Waals surface area contributed by atoms with Crippen LogP contribution >= 0.6 is 0 Å². The van der Waals surface area contributed by atoms with E-state index in [0.717, 1.165) is 16.8 Å². The molecule has 4 aromatic rings. The first-order valence-electron chi connectivity index (χ1n) is 11.5. The normalized spacial score (nSPS) is 15.2. The van der Waals surface area contributed by atoms with E-state index in [9.17, 15) is 9.59 Å². The summed E-state index contributed by atoms with van der Waals surface area (Å²) in [5.41, 5.74) is 4.24. The van der Waals surface area contributed by atoms with Gasteiger partial charge >= 0.3 is 6.03 Å². The molecule has 5 rings (SSSR count). The van der Waals surface area contributed by atoms with Crippen LogP contribution in [0, 0.1) is 0 Å². The summed E-state index contributed by atoms with van der Waals surface area (Å²) in [7, 11) is 0. The zero-order chi connectivity index (χ0) is 25.1. The minimum atomic E-state index is -1.13. The van der Waals surface area contributed by atoms with Crippen LogP contribution in [0.1, 0.15) is 25.0 Å². The summed E-state index contributed by atoms with van der Waals surface area (Å²) in [5, 5.41) is 19.4. The number of fused-ring (bicyclic) bond motifs is 1. The third kappa shape index (κ3) is 4.56. The molecule has 0 aliphatic carbocycles. The fourth-order valence-corrected chi connectivity index (χ4v) is 4.15. The van der Waals surface area contributed by atoms with Crippen LogP contribution in [0.15, 0.2) is 83.9 Å². The smallest absolute Gasteiger partial charge is 0.308 e. The van der Waals surface area contributed by atoms with E-state index in [1.807, 2.05) is 68.4 Å². The molecule has 10 nitrogen and oxygen atoms in total. The molecule has 3 N–H and O–H groups in total. The van der Waals surface area contributed by atoms with Crippen molar-refractivity contribution >= 4 is 29.0 Å². The highest BCUT2D eigenvalue weighted by molar-refractivity contribution is 6.20. The molecule has 1 aromatic heterocycles. The van der Waals surface area contributed by atoms with Crippen LogP contribution in [0.5, 0.6) is 0 Å². The van der Waals surface area contributed by atoms with Crippen molar-refractivity contribution < 1.29 is 9.59 Å². The number of nitrogens with zero attached hydrogens (tertiary/aromatic N) is 5. The second kappa shape index (κ2) is 9.79. The lowest BCUT2D eigenvalue weighted by Crippen LogP contribution is -2.50. The molecule has 2 heterocycles. The van der Waals surface area contributed by atoms with Crippen molar-refractivity contribution in [2.45, 2.75) is 26.1 Å². The van der Waals surface area contributed by atoms with Crippen molar-refractivity contribution in [3.05, 3.63) is 90.0 Å². The van der Waals surface area contributed by atoms with E-state index in [1.165, 1.54) is 0 Å². The fraction of sp³-hybridized carbons (Fsp3) is 0.154. The molecular weight excluding hydrogens is 456 g/mol. The Labute approximate surface area is 207 Å². The van der Waals surface area contributed by atoms with Gasteiger partial charge in [-0.15, -0.1) is 10.2 Å². The first-order valence-corrected chi connectivity index (χ1v) is 11.5. The number of H-pyrrole nitrogens is 1. The van der Waals surface area contributed by atoms with Gasteiger partial charge in [0.25, 0.3) is 5.91 Å². The lowest BCUT2D eigenvalue weighted by Gasteiger charge is -2.29. The zero-order valence-corrected chi connectivity index (χ0v) is 19.7. The van der Waals surface area contributed by atoms with Crippen LogP contribution in [0.25, 0.3) is 11.4 Å². The molecule has 1 atom stereocenters. The maximum absolute atomic E-state index is 13.7. The average Bonchev–Trinajstić information content (AvgIpc) is 3.39. The van der Waals surface area contributed by atoms with Gasteiger partial charge in [-0.2, -0.15) is 5.21 Å². The van der Waals surface area contributed by atoms with Gasteiger partial charge in [0.1, 0.15) is 0 Å². The molecule has 1 unspecified atom stereocenters. The number of carbonyl (C=O) groups excluding carboxylic acids is 2. The number of rotatable bonds is 5. The summed E-state index contributed by atoms with van der Waals surface area (Å²) in [6.07, 6.45) is -1.13. The maximum atomic E-state index is 13.7. The van der Waals surface area contributed by atoms with E-state index in [1.54, 1.807) is 29.2 Å². The lowest BCUT2D eigenvalue weighted by atomic mass is 10.00. The minimum Gasteiger partial charge on any atom is -0.308 e. The minimum absolute atomic E-state index is 0.150. The second-order valence-corrected chi connectivity index (χ2v) is 8.48. The van der Waals surface area contributed by atoms with Crippen molar-refractivity contribution in [3.8, 4) is 11.4 Å². The molecule has 1 aliphatic heterocycles. The van der Waals surface area contributed by atoms with Gasteiger partial charge in [-0.05, 0) is 37.3 Å².